The number of carbonyl (C=O) groups is 1. The summed E-state index contributed by atoms with van der Waals surface area (Å²) >= 11 is 0. The van der Waals surface area contributed by atoms with Gasteiger partial charge < -0.3 is 9.15 Å². The summed E-state index contributed by atoms with van der Waals surface area (Å²) in [4.78, 5) is 12.4. The molecule has 0 atom stereocenters. The van der Waals surface area contributed by atoms with E-state index in [1.807, 2.05) is 0 Å². The minimum atomic E-state index is -3.36. The van der Waals surface area contributed by atoms with Gasteiger partial charge in [-0.05, 0) is 36.4 Å². The Morgan fingerprint density at radius 2 is 1.88 bits per heavy atom. The van der Waals surface area contributed by atoms with Crippen molar-refractivity contribution in [2.75, 3.05) is 18.7 Å². The highest BCUT2D eigenvalue weighted by Gasteiger charge is 2.15. The zero-order chi connectivity index (χ0) is 18.7. The van der Waals surface area contributed by atoms with Gasteiger partial charge in [-0.15, -0.1) is 5.10 Å². The number of hydrogen-bond donors (Lipinski definition) is 1. The van der Waals surface area contributed by atoms with E-state index in [2.05, 4.69) is 15.5 Å². The molecule has 1 aromatic heterocycles. The van der Waals surface area contributed by atoms with Gasteiger partial charge in [-0.3, -0.25) is 10.1 Å². The maximum atomic E-state index is 12.2. The molecule has 134 valence electrons. The monoisotopic (exact) mass is 373 g/mol. The van der Waals surface area contributed by atoms with Crippen molar-refractivity contribution in [1.29, 1.82) is 0 Å². The summed E-state index contributed by atoms with van der Waals surface area (Å²) in [6.45, 7) is 0. The zero-order valence-electron chi connectivity index (χ0n) is 14.0. The Kier molecular flexibility index (Phi) is 4.72. The van der Waals surface area contributed by atoms with Gasteiger partial charge in [-0.25, -0.2) is 8.42 Å². The van der Waals surface area contributed by atoms with Crippen molar-refractivity contribution in [3.63, 3.8) is 0 Å². The molecule has 9 heteroatoms. The summed E-state index contributed by atoms with van der Waals surface area (Å²) in [7, 11) is -1.85. The summed E-state index contributed by atoms with van der Waals surface area (Å²) in [5.74, 6) is 0.196. The van der Waals surface area contributed by atoms with Crippen LogP contribution in [0.5, 0.6) is 5.75 Å². The first kappa shape index (κ1) is 17.6. The standard InChI is InChI=1S/C17H15N3O5S/c1-24-13-7-3-5-11(9-13)15(21)18-17-20-19-16(25-17)12-6-4-8-14(10-12)26(2,22)23/h3-10H,1-2H3,(H,18,20,21). The number of ether oxygens (including phenoxy) is 1. The number of sulfone groups is 1. The molecule has 0 saturated heterocycles. The molecule has 0 aliphatic carbocycles. The third-order valence-electron chi connectivity index (χ3n) is 3.49. The number of benzene rings is 2. The Bertz CT molecular complexity index is 1060. The van der Waals surface area contributed by atoms with E-state index in [0.29, 0.717) is 16.9 Å². The molecule has 0 spiro atoms. The van der Waals surface area contributed by atoms with E-state index in [9.17, 15) is 13.2 Å². The largest absolute Gasteiger partial charge is 0.497 e. The van der Waals surface area contributed by atoms with Gasteiger partial charge in [0.25, 0.3) is 5.91 Å². The van der Waals surface area contributed by atoms with Crippen LogP contribution in [-0.2, 0) is 9.84 Å². The van der Waals surface area contributed by atoms with Crippen molar-refractivity contribution < 1.29 is 22.4 Å². The molecule has 3 rings (SSSR count). The van der Waals surface area contributed by atoms with Gasteiger partial charge in [0, 0.05) is 17.4 Å². The highest BCUT2D eigenvalue weighted by molar-refractivity contribution is 7.90. The van der Waals surface area contributed by atoms with Gasteiger partial charge in [-0.2, -0.15) is 0 Å². The van der Waals surface area contributed by atoms with Crippen molar-refractivity contribution in [2.45, 2.75) is 4.90 Å². The lowest BCUT2D eigenvalue weighted by atomic mass is 10.2. The van der Waals surface area contributed by atoms with Crippen LogP contribution < -0.4 is 10.1 Å². The average Bonchev–Trinajstić information content (AvgIpc) is 3.09. The summed E-state index contributed by atoms with van der Waals surface area (Å²) in [5, 5.41) is 10.1. The van der Waals surface area contributed by atoms with Gasteiger partial charge in [0.1, 0.15) is 5.75 Å². The first-order valence-corrected chi connectivity index (χ1v) is 9.35. The van der Waals surface area contributed by atoms with E-state index in [4.69, 9.17) is 9.15 Å². The van der Waals surface area contributed by atoms with Crippen LogP contribution in [0, 0.1) is 0 Å². The highest BCUT2D eigenvalue weighted by Crippen LogP contribution is 2.23. The summed E-state index contributed by atoms with van der Waals surface area (Å²) in [6.07, 6.45) is 1.11. The number of anilines is 1. The second kappa shape index (κ2) is 6.96. The number of aromatic nitrogens is 2. The molecule has 3 aromatic rings. The molecule has 0 aliphatic rings. The molecule has 2 aromatic carbocycles. The number of amides is 1. The maximum Gasteiger partial charge on any atom is 0.322 e. The number of hydrogen-bond acceptors (Lipinski definition) is 7. The van der Waals surface area contributed by atoms with Crippen LogP contribution in [0.15, 0.2) is 57.8 Å². The summed E-state index contributed by atoms with van der Waals surface area (Å²) < 4.78 is 33.8. The SMILES string of the molecule is COc1cccc(C(=O)Nc2nnc(-c3cccc(S(C)(=O)=O)c3)o2)c1. The Morgan fingerprint density at radius 3 is 2.62 bits per heavy atom. The zero-order valence-corrected chi connectivity index (χ0v) is 14.8. The minimum Gasteiger partial charge on any atom is -0.497 e. The van der Waals surface area contributed by atoms with E-state index >= 15 is 0 Å². The van der Waals surface area contributed by atoms with E-state index in [1.54, 1.807) is 36.4 Å². The Hall–Kier alpha value is -3.20. The first-order chi connectivity index (χ1) is 12.4. The van der Waals surface area contributed by atoms with Crippen LogP contribution in [-0.4, -0.2) is 37.9 Å². The van der Waals surface area contributed by atoms with E-state index < -0.39 is 15.7 Å². The maximum absolute atomic E-state index is 12.2. The highest BCUT2D eigenvalue weighted by atomic mass is 32.2. The molecule has 0 bridgehead atoms. The van der Waals surface area contributed by atoms with Crippen LogP contribution in [0.4, 0.5) is 6.01 Å². The predicted molar refractivity (Wildman–Crippen MR) is 93.8 cm³/mol. The van der Waals surface area contributed by atoms with Crippen molar-refractivity contribution in [3.05, 3.63) is 54.1 Å². The summed E-state index contributed by atoms with van der Waals surface area (Å²) in [6, 6.07) is 12.6. The fourth-order valence-electron chi connectivity index (χ4n) is 2.18. The third-order valence-corrected chi connectivity index (χ3v) is 4.60. The minimum absolute atomic E-state index is 0.0939. The van der Waals surface area contributed by atoms with Crippen molar-refractivity contribution in [2.24, 2.45) is 0 Å². The van der Waals surface area contributed by atoms with E-state index in [0.717, 1.165) is 6.26 Å². The number of rotatable bonds is 5. The van der Waals surface area contributed by atoms with E-state index in [-0.39, 0.29) is 16.8 Å². The molecule has 26 heavy (non-hydrogen) atoms. The molecular formula is C17H15N3O5S. The van der Waals surface area contributed by atoms with Crippen molar-refractivity contribution >= 4 is 21.8 Å². The lowest BCUT2D eigenvalue weighted by Crippen LogP contribution is -2.12. The molecular weight excluding hydrogens is 358 g/mol. The lowest BCUT2D eigenvalue weighted by Gasteiger charge is -2.03. The average molecular weight is 373 g/mol. The third kappa shape index (κ3) is 3.89. The molecule has 8 nitrogen and oxygen atoms in total. The van der Waals surface area contributed by atoms with Crippen molar-refractivity contribution in [3.8, 4) is 17.2 Å². The Balaban J connectivity index is 1.81. The Morgan fingerprint density at radius 1 is 1.12 bits per heavy atom. The molecule has 0 unspecified atom stereocenters. The van der Waals surface area contributed by atoms with Gasteiger partial charge in [0.15, 0.2) is 9.84 Å². The lowest BCUT2D eigenvalue weighted by molar-refractivity contribution is 0.102. The van der Waals surface area contributed by atoms with Crippen LogP contribution >= 0.6 is 0 Å². The van der Waals surface area contributed by atoms with Crippen LogP contribution in [0.3, 0.4) is 0 Å². The topological polar surface area (TPSA) is 111 Å². The molecule has 1 N–H and O–H groups in total. The number of carbonyl (C=O) groups excluding carboxylic acids is 1. The molecule has 0 radical (unpaired) electrons. The fourth-order valence-corrected chi connectivity index (χ4v) is 2.85. The number of nitrogens with zero attached hydrogens (tertiary/aromatic N) is 2. The van der Waals surface area contributed by atoms with Gasteiger partial charge in [0.2, 0.25) is 5.89 Å². The van der Waals surface area contributed by atoms with Gasteiger partial charge >= 0.3 is 6.01 Å². The fraction of sp³-hybridized carbons (Fsp3) is 0.118. The van der Waals surface area contributed by atoms with Gasteiger partial charge in [0.05, 0.1) is 12.0 Å². The van der Waals surface area contributed by atoms with E-state index in [1.165, 1.54) is 19.2 Å². The number of methoxy groups -OCH3 is 1. The van der Waals surface area contributed by atoms with Crippen LogP contribution in [0.25, 0.3) is 11.5 Å². The molecule has 1 amide bonds. The number of nitrogens with one attached hydrogen (secondary N) is 1. The molecule has 0 fully saturated rings. The smallest absolute Gasteiger partial charge is 0.322 e. The van der Waals surface area contributed by atoms with Crippen LogP contribution in [0.1, 0.15) is 10.4 Å². The quantitative estimate of drug-likeness (QED) is 0.731. The first-order valence-electron chi connectivity index (χ1n) is 7.46. The molecule has 0 aliphatic heterocycles. The van der Waals surface area contributed by atoms with Gasteiger partial charge in [-0.1, -0.05) is 17.2 Å². The normalized spacial score (nSPS) is 11.2. The van der Waals surface area contributed by atoms with Crippen LogP contribution in [0.2, 0.25) is 0 Å². The van der Waals surface area contributed by atoms with Crippen molar-refractivity contribution in [1.82, 2.24) is 10.2 Å². The molecule has 1 heterocycles. The Labute approximate surface area is 149 Å². The predicted octanol–water partition coefficient (Wildman–Crippen LogP) is 2.40. The molecule has 0 saturated carbocycles. The summed E-state index contributed by atoms with van der Waals surface area (Å²) in [5.41, 5.74) is 0.797. The second-order valence-corrected chi connectivity index (χ2v) is 7.41. The second-order valence-electron chi connectivity index (χ2n) is 5.40.